The topological polar surface area (TPSA) is 24.5 Å². The van der Waals surface area contributed by atoms with Gasteiger partial charge in [0, 0.05) is 32.7 Å². The Labute approximate surface area is 126 Å². The molecule has 0 saturated carbocycles. The summed E-state index contributed by atoms with van der Waals surface area (Å²) in [4.78, 5) is 2.48. The zero-order valence-corrected chi connectivity index (χ0v) is 12.3. The van der Waals surface area contributed by atoms with Crippen LogP contribution in [-0.2, 0) is 13.2 Å². The molecule has 1 aliphatic rings. The standard InChI is InChI=1S/C18H22N2O/c1-2-4-17(5-3-1)15-21-18-8-6-16(7-9-18)14-20-12-10-19-11-13-20/h1-9,19H,10-15H2. The van der Waals surface area contributed by atoms with Crippen molar-refractivity contribution in [2.75, 3.05) is 26.2 Å². The highest BCUT2D eigenvalue weighted by Gasteiger charge is 2.09. The van der Waals surface area contributed by atoms with E-state index in [1.54, 1.807) is 0 Å². The van der Waals surface area contributed by atoms with Crippen molar-refractivity contribution in [1.29, 1.82) is 0 Å². The van der Waals surface area contributed by atoms with Crippen LogP contribution >= 0.6 is 0 Å². The van der Waals surface area contributed by atoms with Crippen LogP contribution in [0.3, 0.4) is 0 Å². The summed E-state index contributed by atoms with van der Waals surface area (Å²) < 4.78 is 5.81. The smallest absolute Gasteiger partial charge is 0.119 e. The molecule has 1 N–H and O–H groups in total. The van der Waals surface area contributed by atoms with Crippen LogP contribution in [0, 0.1) is 0 Å². The second-order valence-electron chi connectivity index (χ2n) is 5.44. The van der Waals surface area contributed by atoms with Gasteiger partial charge in [0.25, 0.3) is 0 Å². The fourth-order valence-corrected chi connectivity index (χ4v) is 2.56. The Morgan fingerprint density at radius 3 is 2.29 bits per heavy atom. The number of nitrogens with one attached hydrogen (secondary N) is 1. The number of piperazine rings is 1. The molecule has 1 aliphatic heterocycles. The van der Waals surface area contributed by atoms with Crippen molar-refractivity contribution in [2.24, 2.45) is 0 Å². The van der Waals surface area contributed by atoms with Gasteiger partial charge in [-0.3, -0.25) is 4.90 Å². The molecular weight excluding hydrogens is 260 g/mol. The molecule has 1 fully saturated rings. The molecule has 1 saturated heterocycles. The van der Waals surface area contributed by atoms with Crippen LogP contribution in [0.1, 0.15) is 11.1 Å². The summed E-state index contributed by atoms with van der Waals surface area (Å²) in [7, 11) is 0. The molecule has 0 amide bonds. The van der Waals surface area contributed by atoms with Crippen molar-refractivity contribution in [2.45, 2.75) is 13.2 Å². The normalized spacial score (nSPS) is 15.8. The van der Waals surface area contributed by atoms with Crippen molar-refractivity contribution >= 4 is 0 Å². The lowest BCUT2D eigenvalue weighted by Crippen LogP contribution is -2.42. The average molecular weight is 282 g/mol. The lowest BCUT2D eigenvalue weighted by atomic mass is 10.2. The van der Waals surface area contributed by atoms with E-state index in [0.29, 0.717) is 6.61 Å². The van der Waals surface area contributed by atoms with Gasteiger partial charge in [-0.2, -0.15) is 0 Å². The number of nitrogens with zero attached hydrogens (tertiary/aromatic N) is 1. The maximum atomic E-state index is 5.81. The molecule has 3 rings (SSSR count). The highest BCUT2D eigenvalue weighted by Crippen LogP contribution is 2.15. The lowest BCUT2D eigenvalue weighted by Gasteiger charge is -2.27. The van der Waals surface area contributed by atoms with Gasteiger partial charge in [0.2, 0.25) is 0 Å². The summed E-state index contributed by atoms with van der Waals surface area (Å²) in [6.45, 7) is 6.10. The lowest BCUT2D eigenvalue weighted by molar-refractivity contribution is 0.233. The fraction of sp³-hybridized carbons (Fsp3) is 0.333. The number of benzene rings is 2. The molecule has 3 heteroatoms. The molecule has 0 unspecified atom stereocenters. The number of hydrogen-bond acceptors (Lipinski definition) is 3. The minimum Gasteiger partial charge on any atom is -0.489 e. The third kappa shape index (κ3) is 4.31. The molecule has 2 aromatic rings. The molecular formula is C18H22N2O. The first-order valence-corrected chi connectivity index (χ1v) is 7.59. The maximum Gasteiger partial charge on any atom is 0.119 e. The first-order valence-electron chi connectivity index (χ1n) is 7.59. The highest BCUT2D eigenvalue weighted by atomic mass is 16.5. The van der Waals surface area contributed by atoms with Gasteiger partial charge in [-0.15, -0.1) is 0 Å². The monoisotopic (exact) mass is 282 g/mol. The molecule has 1 heterocycles. The van der Waals surface area contributed by atoms with Gasteiger partial charge in [0.05, 0.1) is 0 Å². The molecule has 3 nitrogen and oxygen atoms in total. The summed E-state index contributed by atoms with van der Waals surface area (Å²) in [6.07, 6.45) is 0. The van der Waals surface area contributed by atoms with Gasteiger partial charge < -0.3 is 10.1 Å². The average Bonchev–Trinajstić information content (AvgIpc) is 2.56. The SMILES string of the molecule is c1ccc(COc2ccc(CN3CCNCC3)cc2)cc1. The van der Waals surface area contributed by atoms with Crippen molar-refractivity contribution < 1.29 is 4.74 Å². The predicted molar refractivity (Wildman–Crippen MR) is 85.4 cm³/mol. The molecule has 21 heavy (non-hydrogen) atoms. The quantitative estimate of drug-likeness (QED) is 0.912. The summed E-state index contributed by atoms with van der Waals surface area (Å²) in [5, 5.41) is 3.38. The second-order valence-corrected chi connectivity index (χ2v) is 5.44. The Morgan fingerprint density at radius 1 is 0.857 bits per heavy atom. The van der Waals surface area contributed by atoms with Crippen LogP contribution in [0.4, 0.5) is 0 Å². The summed E-state index contributed by atoms with van der Waals surface area (Å²) in [5.74, 6) is 0.933. The number of hydrogen-bond donors (Lipinski definition) is 1. The van der Waals surface area contributed by atoms with Crippen molar-refractivity contribution in [3.8, 4) is 5.75 Å². The molecule has 0 spiro atoms. The summed E-state index contributed by atoms with van der Waals surface area (Å²) >= 11 is 0. The Morgan fingerprint density at radius 2 is 1.57 bits per heavy atom. The molecule has 2 aromatic carbocycles. The Bertz CT molecular complexity index is 533. The molecule has 0 radical (unpaired) electrons. The first-order chi connectivity index (χ1) is 10.4. The number of rotatable bonds is 5. The minimum atomic E-state index is 0.623. The van der Waals surface area contributed by atoms with E-state index < -0.39 is 0 Å². The van der Waals surface area contributed by atoms with Crippen LogP contribution in [0.25, 0.3) is 0 Å². The van der Waals surface area contributed by atoms with Crippen LogP contribution in [0.5, 0.6) is 5.75 Å². The van der Waals surface area contributed by atoms with Crippen LogP contribution in [-0.4, -0.2) is 31.1 Å². The second kappa shape index (κ2) is 7.25. The van der Waals surface area contributed by atoms with Gasteiger partial charge in [-0.1, -0.05) is 42.5 Å². The largest absolute Gasteiger partial charge is 0.489 e. The summed E-state index contributed by atoms with van der Waals surface area (Å²) in [6, 6.07) is 18.7. The molecule has 0 aromatic heterocycles. The first kappa shape index (κ1) is 14.1. The van der Waals surface area contributed by atoms with E-state index in [0.717, 1.165) is 38.5 Å². The van der Waals surface area contributed by atoms with Gasteiger partial charge >= 0.3 is 0 Å². The van der Waals surface area contributed by atoms with Crippen LogP contribution in [0.15, 0.2) is 54.6 Å². The molecule has 110 valence electrons. The third-order valence-electron chi connectivity index (χ3n) is 3.79. The Hall–Kier alpha value is -1.84. The van der Waals surface area contributed by atoms with E-state index in [9.17, 15) is 0 Å². The Kier molecular flexibility index (Phi) is 4.87. The highest BCUT2D eigenvalue weighted by molar-refractivity contribution is 5.27. The van der Waals surface area contributed by atoms with E-state index >= 15 is 0 Å². The van der Waals surface area contributed by atoms with Crippen molar-refractivity contribution in [3.63, 3.8) is 0 Å². The molecule has 0 atom stereocenters. The maximum absolute atomic E-state index is 5.81. The van der Waals surface area contributed by atoms with Crippen molar-refractivity contribution in [1.82, 2.24) is 10.2 Å². The predicted octanol–water partition coefficient (Wildman–Crippen LogP) is 2.67. The van der Waals surface area contributed by atoms with E-state index in [-0.39, 0.29) is 0 Å². The fourth-order valence-electron chi connectivity index (χ4n) is 2.56. The third-order valence-corrected chi connectivity index (χ3v) is 3.79. The van der Waals surface area contributed by atoms with Crippen molar-refractivity contribution in [3.05, 3.63) is 65.7 Å². The molecule has 0 bridgehead atoms. The summed E-state index contributed by atoms with van der Waals surface area (Å²) in [5.41, 5.74) is 2.55. The number of ether oxygens (including phenoxy) is 1. The van der Waals surface area contributed by atoms with Gasteiger partial charge in [0.1, 0.15) is 12.4 Å². The van der Waals surface area contributed by atoms with Crippen LogP contribution in [0.2, 0.25) is 0 Å². The van der Waals surface area contributed by atoms with E-state index in [2.05, 4.69) is 46.6 Å². The zero-order valence-electron chi connectivity index (χ0n) is 12.3. The van der Waals surface area contributed by atoms with E-state index in [1.165, 1.54) is 11.1 Å². The minimum absolute atomic E-state index is 0.623. The Balaban J connectivity index is 1.51. The molecule has 0 aliphatic carbocycles. The van der Waals surface area contributed by atoms with E-state index in [1.807, 2.05) is 18.2 Å². The zero-order chi connectivity index (χ0) is 14.3. The van der Waals surface area contributed by atoms with Gasteiger partial charge in [-0.25, -0.2) is 0 Å². The van der Waals surface area contributed by atoms with Gasteiger partial charge in [-0.05, 0) is 23.3 Å². The van der Waals surface area contributed by atoms with Gasteiger partial charge in [0.15, 0.2) is 0 Å². The van der Waals surface area contributed by atoms with E-state index in [4.69, 9.17) is 4.74 Å². The van der Waals surface area contributed by atoms with Crippen LogP contribution < -0.4 is 10.1 Å².